The highest BCUT2D eigenvalue weighted by Gasteiger charge is 2.42. The fraction of sp³-hybridized carbons (Fsp3) is 0.308. The first-order valence-corrected chi connectivity index (χ1v) is 10.3. The minimum absolute atomic E-state index is 0.495. The molecule has 0 radical (unpaired) electrons. The molecular formula is C26H31NO. The van der Waals surface area contributed by atoms with Crippen LogP contribution in [0.3, 0.4) is 0 Å². The van der Waals surface area contributed by atoms with Gasteiger partial charge >= 0.3 is 0 Å². The summed E-state index contributed by atoms with van der Waals surface area (Å²) in [6, 6.07) is 32.1. The van der Waals surface area contributed by atoms with Crippen molar-refractivity contribution in [2.45, 2.75) is 38.1 Å². The molecule has 2 nitrogen and oxygen atoms in total. The zero-order valence-corrected chi connectivity index (χ0v) is 17.1. The predicted molar refractivity (Wildman–Crippen MR) is 117 cm³/mol. The molecule has 0 fully saturated rings. The molecular weight excluding hydrogens is 342 g/mol. The van der Waals surface area contributed by atoms with E-state index in [1.54, 1.807) is 7.11 Å². The SMILES string of the molecule is CCCCCCN(OC)C(c1ccccc1)(c1ccccc1)c1ccccc1. The lowest BCUT2D eigenvalue weighted by molar-refractivity contribution is -0.182. The van der Waals surface area contributed by atoms with Crippen LogP contribution in [0.5, 0.6) is 0 Å². The second-order valence-corrected chi connectivity index (χ2v) is 7.15. The molecule has 0 saturated carbocycles. The molecule has 0 aliphatic rings. The summed E-state index contributed by atoms with van der Waals surface area (Å²) in [5, 5.41) is 2.17. The fourth-order valence-electron chi connectivity index (χ4n) is 4.05. The Morgan fingerprint density at radius 3 is 1.43 bits per heavy atom. The molecule has 0 heterocycles. The van der Waals surface area contributed by atoms with Crippen LogP contribution in [0.25, 0.3) is 0 Å². The lowest BCUT2D eigenvalue weighted by atomic mass is 9.76. The van der Waals surface area contributed by atoms with Crippen LogP contribution in [-0.2, 0) is 10.4 Å². The molecule has 3 rings (SSSR count). The van der Waals surface area contributed by atoms with Crippen molar-refractivity contribution in [3.63, 3.8) is 0 Å². The van der Waals surface area contributed by atoms with Crippen LogP contribution in [0.1, 0.15) is 49.3 Å². The fourth-order valence-corrected chi connectivity index (χ4v) is 4.05. The van der Waals surface area contributed by atoms with Gasteiger partial charge < -0.3 is 4.84 Å². The van der Waals surface area contributed by atoms with Crippen LogP contribution in [0.15, 0.2) is 91.0 Å². The maximum Gasteiger partial charge on any atom is 0.121 e. The van der Waals surface area contributed by atoms with Gasteiger partial charge in [0, 0.05) is 6.54 Å². The zero-order valence-electron chi connectivity index (χ0n) is 17.1. The Morgan fingerprint density at radius 2 is 1.07 bits per heavy atom. The van der Waals surface area contributed by atoms with E-state index in [0.717, 1.165) is 13.0 Å². The van der Waals surface area contributed by atoms with Gasteiger partial charge in [0.1, 0.15) is 5.54 Å². The maximum atomic E-state index is 6.09. The molecule has 0 unspecified atom stereocenters. The van der Waals surface area contributed by atoms with Gasteiger partial charge in [-0.05, 0) is 23.1 Å². The van der Waals surface area contributed by atoms with Crippen molar-refractivity contribution in [1.82, 2.24) is 5.06 Å². The molecule has 2 heteroatoms. The predicted octanol–water partition coefficient (Wildman–Crippen LogP) is 6.42. The number of rotatable bonds is 10. The summed E-state index contributed by atoms with van der Waals surface area (Å²) in [4.78, 5) is 6.09. The number of unbranched alkanes of at least 4 members (excludes halogenated alkanes) is 3. The van der Waals surface area contributed by atoms with Gasteiger partial charge in [-0.2, -0.15) is 5.06 Å². The van der Waals surface area contributed by atoms with E-state index in [2.05, 4.69) is 103 Å². The highest BCUT2D eigenvalue weighted by molar-refractivity contribution is 5.49. The maximum absolute atomic E-state index is 6.09. The first-order valence-electron chi connectivity index (χ1n) is 10.3. The third kappa shape index (κ3) is 4.19. The van der Waals surface area contributed by atoms with E-state index in [-0.39, 0.29) is 0 Å². The highest BCUT2D eigenvalue weighted by atomic mass is 16.7. The van der Waals surface area contributed by atoms with Crippen LogP contribution < -0.4 is 0 Å². The Labute approximate surface area is 169 Å². The van der Waals surface area contributed by atoms with Crippen LogP contribution >= 0.6 is 0 Å². The molecule has 0 bridgehead atoms. The largest absolute Gasteiger partial charge is 0.301 e. The van der Waals surface area contributed by atoms with Crippen LogP contribution in [-0.4, -0.2) is 18.7 Å². The quantitative estimate of drug-likeness (QED) is 0.231. The lowest BCUT2D eigenvalue weighted by Gasteiger charge is -2.44. The molecule has 0 saturated heterocycles. The van der Waals surface area contributed by atoms with Gasteiger partial charge in [0.05, 0.1) is 7.11 Å². The van der Waals surface area contributed by atoms with Gasteiger partial charge in [-0.15, -0.1) is 0 Å². The highest BCUT2D eigenvalue weighted by Crippen LogP contribution is 2.42. The summed E-state index contributed by atoms with van der Waals surface area (Å²) in [6.07, 6.45) is 4.81. The lowest BCUT2D eigenvalue weighted by Crippen LogP contribution is -2.48. The van der Waals surface area contributed by atoms with Gasteiger partial charge in [-0.3, -0.25) is 0 Å². The molecule has 0 atom stereocenters. The van der Waals surface area contributed by atoms with E-state index in [1.165, 1.54) is 36.0 Å². The van der Waals surface area contributed by atoms with Crippen molar-refractivity contribution in [3.05, 3.63) is 108 Å². The number of hydrogen-bond acceptors (Lipinski definition) is 2. The second kappa shape index (κ2) is 10.2. The van der Waals surface area contributed by atoms with E-state index < -0.39 is 5.54 Å². The molecule has 0 aliphatic heterocycles. The smallest absolute Gasteiger partial charge is 0.121 e. The minimum Gasteiger partial charge on any atom is -0.301 e. The molecule has 0 amide bonds. The Kier molecular flexibility index (Phi) is 7.41. The summed E-state index contributed by atoms with van der Waals surface area (Å²) >= 11 is 0. The summed E-state index contributed by atoms with van der Waals surface area (Å²) in [5.41, 5.74) is 3.14. The minimum atomic E-state index is -0.495. The average molecular weight is 374 g/mol. The number of hydroxylamine groups is 2. The topological polar surface area (TPSA) is 12.5 Å². The van der Waals surface area contributed by atoms with Crippen molar-refractivity contribution >= 4 is 0 Å². The van der Waals surface area contributed by atoms with E-state index in [0.29, 0.717) is 0 Å². The summed E-state index contributed by atoms with van der Waals surface area (Å²) in [6.45, 7) is 3.12. The average Bonchev–Trinajstić information content (AvgIpc) is 2.78. The molecule has 0 N–H and O–H groups in total. The number of hydrogen-bond donors (Lipinski definition) is 0. The first-order chi connectivity index (χ1) is 13.8. The Balaban J connectivity index is 2.18. The molecule has 0 aliphatic carbocycles. The normalized spacial score (nSPS) is 11.7. The van der Waals surface area contributed by atoms with Gasteiger partial charge in [0.2, 0.25) is 0 Å². The first kappa shape index (κ1) is 20.3. The van der Waals surface area contributed by atoms with Crippen molar-refractivity contribution in [2.24, 2.45) is 0 Å². The van der Waals surface area contributed by atoms with Gasteiger partial charge in [-0.1, -0.05) is 117 Å². The molecule has 3 aromatic carbocycles. The zero-order chi connectivity index (χ0) is 19.7. The second-order valence-electron chi connectivity index (χ2n) is 7.15. The Bertz CT molecular complexity index is 705. The van der Waals surface area contributed by atoms with E-state index >= 15 is 0 Å². The van der Waals surface area contributed by atoms with Crippen molar-refractivity contribution in [3.8, 4) is 0 Å². The van der Waals surface area contributed by atoms with Crippen molar-refractivity contribution < 1.29 is 4.84 Å². The Hall–Kier alpha value is -2.42. The van der Waals surface area contributed by atoms with Crippen molar-refractivity contribution in [1.29, 1.82) is 0 Å². The molecule has 0 aromatic heterocycles. The number of nitrogens with zero attached hydrogens (tertiary/aromatic N) is 1. The molecule has 28 heavy (non-hydrogen) atoms. The van der Waals surface area contributed by atoms with Crippen molar-refractivity contribution in [2.75, 3.05) is 13.7 Å². The summed E-state index contributed by atoms with van der Waals surface area (Å²) in [5.74, 6) is 0. The molecule has 3 aromatic rings. The van der Waals surface area contributed by atoms with Gasteiger partial charge in [0.15, 0.2) is 0 Å². The monoisotopic (exact) mass is 373 g/mol. The Morgan fingerprint density at radius 1 is 0.643 bits per heavy atom. The molecule has 0 spiro atoms. The summed E-state index contributed by atoms with van der Waals surface area (Å²) in [7, 11) is 1.80. The van der Waals surface area contributed by atoms with Crippen LogP contribution in [0.2, 0.25) is 0 Å². The van der Waals surface area contributed by atoms with Crippen LogP contribution in [0.4, 0.5) is 0 Å². The molecule has 146 valence electrons. The standard InChI is InChI=1S/C26H31NO/c1-3-4-5-15-22-27(28-2)26(23-16-9-6-10-17-23,24-18-11-7-12-19-24)25-20-13-8-14-21-25/h6-14,16-21H,3-5,15,22H2,1-2H3. The van der Waals surface area contributed by atoms with Gasteiger partial charge in [-0.25, -0.2) is 0 Å². The third-order valence-corrected chi connectivity index (χ3v) is 5.38. The van der Waals surface area contributed by atoms with E-state index in [4.69, 9.17) is 4.84 Å². The third-order valence-electron chi connectivity index (χ3n) is 5.38. The summed E-state index contributed by atoms with van der Waals surface area (Å²) < 4.78 is 0. The number of benzene rings is 3. The van der Waals surface area contributed by atoms with E-state index in [9.17, 15) is 0 Å². The van der Waals surface area contributed by atoms with Crippen LogP contribution in [0, 0.1) is 0 Å². The van der Waals surface area contributed by atoms with E-state index in [1.807, 2.05) is 0 Å². The van der Waals surface area contributed by atoms with Gasteiger partial charge in [0.25, 0.3) is 0 Å².